The Bertz CT molecular complexity index is 611. The van der Waals surface area contributed by atoms with E-state index in [-0.39, 0.29) is 0 Å². The molecule has 1 aromatic heterocycles. The Hall–Kier alpha value is -1.33. The van der Waals surface area contributed by atoms with Gasteiger partial charge in [0.15, 0.2) is 0 Å². The van der Waals surface area contributed by atoms with Crippen molar-refractivity contribution in [1.82, 2.24) is 14.9 Å². The van der Waals surface area contributed by atoms with E-state index in [4.69, 9.17) is 4.74 Å². The van der Waals surface area contributed by atoms with Gasteiger partial charge in [0.1, 0.15) is 16.2 Å². The molecule has 0 saturated carbocycles. The molecule has 2 aromatic rings. The topological polar surface area (TPSA) is 39.1 Å². The van der Waals surface area contributed by atoms with Crippen molar-refractivity contribution in [3.8, 4) is 17.0 Å². The highest BCUT2D eigenvalue weighted by atomic mass is 79.9. The van der Waals surface area contributed by atoms with Gasteiger partial charge in [-0.2, -0.15) is 0 Å². The zero-order valence-electron chi connectivity index (χ0n) is 12.5. The summed E-state index contributed by atoms with van der Waals surface area (Å²) in [6, 6.07) is 4.27. The van der Waals surface area contributed by atoms with Crippen molar-refractivity contribution in [2.75, 3.05) is 14.2 Å². The number of nitrogens with one attached hydrogen (secondary N) is 1. The molecule has 0 fully saturated rings. The van der Waals surface area contributed by atoms with Crippen LogP contribution in [0, 0.1) is 13.8 Å². The fourth-order valence-corrected chi connectivity index (χ4v) is 3.25. The second kappa shape index (κ2) is 5.97. The minimum atomic E-state index is 0.739. The van der Waals surface area contributed by atoms with Crippen molar-refractivity contribution in [3.05, 3.63) is 33.7 Å². The number of hydrogen-bond donors (Lipinski definition) is 1. The molecule has 1 N–H and O–H groups in total. The van der Waals surface area contributed by atoms with Crippen LogP contribution in [0.2, 0.25) is 0 Å². The summed E-state index contributed by atoms with van der Waals surface area (Å²) >= 11 is 3.57. The normalized spacial score (nSPS) is 10.9. The van der Waals surface area contributed by atoms with Gasteiger partial charge < -0.3 is 14.6 Å². The number of rotatable bonds is 4. The quantitative estimate of drug-likeness (QED) is 0.931. The van der Waals surface area contributed by atoms with Gasteiger partial charge in [-0.25, -0.2) is 4.98 Å². The van der Waals surface area contributed by atoms with Crippen LogP contribution in [0.5, 0.6) is 5.75 Å². The van der Waals surface area contributed by atoms with Crippen LogP contribution in [0.15, 0.2) is 16.7 Å². The predicted molar refractivity (Wildman–Crippen MR) is 85.1 cm³/mol. The van der Waals surface area contributed by atoms with Gasteiger partial charge in [-0.1, -0.05) is 0 Å². The van der Waals surface area contributed by atoms with E-state index in [1.807, 2.05) is 14.1 Å². The van der Waals surface area contributed by atoms with Gasteiger partial charge in [0.05, 0.1) is 19.3 Å². The standard InChI is InChI=1S/C15H20BrN3O/c1-9-6-11(7-10(2)14(9)20-5)13-15(16)18-12(8-17-3)19(13)4/h6-7,17H,8H2,1-5H3. The third-order valence-corrected chi connectivity index (χ3v) is 3.97. The molecular weight excluding hydrogens is 318 g/mol. The first-order chi connectivity index (χ1) is 9.49. The molecule has 20 heavy (non-hydrogen) atoms. The lowest BCUT2D eigenvalue weighted by Gasteiger charge is -2.12. The molecule has 0 aliphatic rings. The predicted octanol–water partition coefficient (Wildman–Crippen LogP) is 3.19. The van der Waals surface area contributed by atoms with Crippen molar-refractivity contribution in [3.63, 3.8) is 0 Å². The SMILES string of the molecule is CNCc1nc(Br)c(-c2cc(C)c(OC)c(C)c2)n1C. The van der Waals surface area contributed by atoms with Crippen LogP contribution in [0.25, 0.3) is 11.3 Å². The average molecular weight is 338 g/mol. The molecule has 0 saturated heterocycles. The second-order valence-electron chi connectivity index (χ2n) is 4.90. The molecule has 0 radical (unpaired) electrons. The lowest BCUT2D eigenvalue weighted by Crippen LogP contribution is -2.10. The Morgan fingerprint density at radius 2 is 1.90 bits per heavy atom. The van der Waals surface area contributed by atoms with Crippen molar-refractivity contribution in [2.45, 2.75) is 20.4 Å². The van der Waals surface area contributed by atoms with Gasteiger partial charge in [0.2, 0.25) is 0 Å². The molecular formula is C15H20BrN3O. The smallest absolute Gasteiger partial charge is 0.132 e. The molecule has 2 rings (SSSR count). The molecule has 1 heterocycles. The van der Waals surface area contributed by atoms with E-state index in [1.165, 1.54) is 0 Å². The van der Waals surface area contributed by atoms with Crippen LogP contribution in [0.1, 0.15) is 17.0 Å². The Labute approximate surface area is 128 Å². The van der Waals surface area contributed by atoms with Crippen molar-refractivity contribution in [2.24, 2.45) is 7.05 Å². The Morgan fingerprint density at radius 3 is 2.40 bits per heavy atom. The van der Waals surface area contributed by atoms with E-state index >= 15 is 0 Å². The Kier molecular flexibility index (Phi) is 4.50. The maximum absolute atomic E-state index is 5.43. The number of ether oxygens (including phenoxy) is 1. The maximum Gasteiger partial charge on any atom is 0.132 e. The fraction of sp³-hybridized carbons (Fsp3) is 0.400. The number of methoxy groups -OCH3 is 1. The van der Waals surface area contributed by atoms with Gasteiger partial charge in [0, 0.05) is 12.6 Å². The van der Waals surface area contributed by atoms with Crippen molar-refractivity contribution < 1.29 is 4.74 Å². The molecule has 5 heteroatoms. The fourth-order valence-electron chi connectivity index (χ4n) is 2.55. The first kappa shape index (κ1) is 15.1. The largest absolute Gasteiger partial charge is 0.496 e. The van der Waals surface area contributed by atoms with E-state index in [0.717, 1.165) is 45.1 Å². The van der Waals surface area contributed by atoms with Crippen LogP contribution in [-0.2, 0) is 13.6 Å². The van der Waals surface area contributed by atoms with Crippen LogP contribution in [-0.4, -0.2) is 23.7 Å². The summed E-state index contributed by atoms with van der Waals surface area (Å²) in [7, 11) is 5.67. The summed E-state index contributed by atoms with van der Waals surface area (Å²) in [5.74, 6) is 1.95. The van der Waals surface area contributed by atoms with Crippen molar-refractivity contribution >= 4 is 15.9 Å². The van der Waals surface area contributed by atoms with Crippen molar-refractivity contribution in [1.29, 1.82) is 0 Å². The highest BCUT2D eigenvalue weighted by Gasteiger charge is 2.16. The third-order valence-electron chi connectivity index (χ3n) is 3.42. The summed E-state index contributed by atoms with van der Waals surface area (Å²) in [5.41, 5.74) is 4.49. The molecule has 0 aliphatic carbocycles. The summed E-state index contributed by atoms with van der Waals surface area (Å²) in [6.07, 6.45) is 0. The molecule has 0 spiro atoms. The van der Waals surface area contributed by atoms with Gasteiger partial charge in [-0.15, -0.1) is 0 Å². The molecule has 108 valence electrons. The molecule has 0 atom stereocenters. The van der Waals surface area contributed by atoms with Gasteiger partial charge in [0.25, 0.3) is 0 Å². The van der Waals surface area contributed by atoms with E-state index in [1.54, 1.807) is 7.11 Å². The number of halogens is 1. The highest BCUT2D eigenvalue weighted by Crippen LogP contribution is 2.33. The summed E-state index contributed by atoms with van der Waals surface area (Å²) in [4.78, 5) is 4.56. The molecule has 0 aliphatic heterocycles. The first-order valence-electron chi connectivity index (χ1n) is 6.50. The van der Waals surface area contributed by atoms with Crippen LogP contribution in [0.4, 0.5) is 0 Å². The number of aryl methyl sites for hydroxylation is 2. The number of nitrogens with zero attached hydrogens (tertiary/aromatic N) is 2. The molecule has 0 unspecified atom stereocenters. The molecule has 0 bridgehead atoms. The zero-order chi connectivity index (χ0) is 14.9. The molecule has 1 aromatic carbocycles. The number of hydrogen-bond acceptors (Lipinski definition) is 3. The minimum Gasteiger partial charge on any atom is -0.496 e. The summed E-state index contributed by atoms with van der Waals surface area (Å²) in [6.45, 7) is 4.87. The monoisotopic (exact) mass is 337 g/mol. The van der Waals surface area contributed by atoms with E-state index < -0.39 is 0 Å². The Balaban J connectivity index is 2.57. The van der Waals surface area contributed by atoms with E-state index in [2.05, 4.69) is 56.8 Å². The first-order valence-corrected chi connectivity index (χ1v) is 7.30. The molecule has 0 amide bonds. The number of benzene rings is 1. The van der Waals surface area contributed by atoms with Gasteiger partial charge in [-0.3, -0.25) is 0 Å². The Morgan fingerprint density at radius 1 is 1.30 bits per heavy atom. The number of imidazole rings is 1. The summed E-state index contributed by atoms with van der Waals surface area (Å²) in [5, 5.41) is 3.13. The second-order valence-corrected chi connectivity index (χ2v) is 5.65. The zero-order valence-corrected chi connectivity index (χ0v) is 14.1. The highest BCUT2D eigenvalue weighted by molar-refractivity contribution is 9.10. The van der Waals surface area contributed by atoms with E-state index in [9.17, 15) is 0 Å². The molecule has 4 nitrogen and oxygen atoms in total. The van der Waals surface area contributed by atoms with Gasteiger partial charge in [-0.05, 0) is 60.1 Å². The number of aromatic nitrogens is 2. The van der Waals surface area contributed by atoms with Crippen LogP contribution < -0.4 is 10.1 Å². The lowest BCUT2D eigenvalue weighted by atomic mass is 10.0. The maximum atomic E-state index is 5.43. The average Bonchev–Trinajstić information content (AvgIpc) is 2.64. The minimum absolute atomic E-state index is 0.739. The van der Waals surface area contributed by atoms with Crippen LogP contribution >= 0.6 is 15.9 Å². The van der Waals surface area contributed by atoms with Crippen LogP contribution in [0.3, 0.4) is 0 Å². The van der Waals surface area contributed by atoms with E-state index in [0.29, 0.717) is 0 Å². The summed E-state index contributed by atoms with van der Waals surface area (Å²) < 4.78 is 8.41. The third kappa shape index (κ3) is 2.60. The lowest BCUT2D eigenvalue weighted by molar-refractivity contribution is 0.408. The van der Waals surface area contributed by atoms with Gasteiger partial charge >= 0.3 is 0 Å².